The van der Waals surface area contributed by atoms with E-state index >= 15 is 0 Å². The molecule has 9 aromatic rings. The fraction of sp³-hybridized carbons (Fsp3) is 0.513. The number of likely N-dealkylation sites (N-methyl/N-ethyl adjacent to an activating group) is 4. The smallest absolute Gasteiger partial charge is 0.346 e. The molecule has 46 heteroatoms. The number of amides is 2. The highest BCUT2D eigenvalue weighted by molar-refractivity contribution is 9.11. The van der Waals surface area contributed by atoms with E-state index in [-0.39, 0.29) is 88.9 Å². The van der Waals surface area contributed by atoms with Crippen LogP contribution >= 0.6 is 82.6 Å². The van der Waals surface area contributed by atoms with Gasteiger partial charge in [-0.25, -0.2) is 59.6 Å². The summed E-state index contributed by atoms with van der Waals surface area (Å²) in [6.45, 7) is 9.59. The van der Waals surface area contributed by atoms with Crippen LogP contribution in [0.25, 0.3) is 0 Å². The van der Waals surface area contributed by atoms with E-state index < -0.39 is 36.2 Å². The minimum Gasteiger partial charge on any atom is -0.477 e. The molecule has 12 heterocycles. The van der Waals surface area contributed by atoms with E-state index in [4.69, 9.17) is 84.0 Å². The predicted molar refractivity (Wildman–Crippen MR) is 471 cm³/mol. The number of hydrogen-bond acceptors (Lipinski definition) is 27. The van der Waals surface area contributed by atoms with Crippen LogP contribution in [0.4, 0.5) is 16.2 Å². The molecule has 668 valence electrons. The quantitative estimate of drug-likeness (QED) is 0.0526. The number of ether oxygens (including phenoxy) is 6. The molecule has 37 nitrogen and oxygen atoms in total. The number of benzene rings is 3. The summed E-state index contributed by atoms with van der Waals surface area (Å²) in [6.07, 6.45) is 22.4. The number of fused-ring (bicyclic) bond motifs is 10. The van der Waals surface area contributed by atoms with Crippen LogP contribution in [-0.2, 0) is 121 Å². The lowest BCUT2D eigenvalue weighted by molar-refractivity contribution is 0.117. The van der Waals surface area contributed by atoms with Gasteiger partial charge in [-0.3, -0.25) is 0 Å². The third-order valence-electron chi connectivity index (χ3n) is 21.9. The third kappa shape index (κ3) is 21.9. The monoisotopic (exact) mass is 2000 g/mol. The molecular weight excluding hydrogens is 1900 g/mol. The Kier molecular flexibility index (Phi) is 31.5. The third-order valence-corrected chi connectivity index (χ3v) is 27.8. The normalized spacial score (nSPS) is 19.5. The van der Waals surface area contributed by atoms with Gasteiger partial charge in [0.15, 0.2) is 20.4 Å². The Morgan fingerprint density at radius 1 is 0.475 bits per heavy atom. The van der Waals surface area contributed by atoms with E-state index in [1.165, 1.54) is 117 Å². The van der Waals surface area contributed by atoms with Gasteiger partial charge in [-0.1, -0.05) is 53.9 Å². The van der Waals surface area contributed by atoms with Crippen LogP contribution < -0.4 is 65.4 Å². The summed E-state index contributed by atoms with van der Waals surface area (Å²) < 4.78 is 127. The number of nitrogens with one attached hydrogen (secondary N) is 2. The van der Waals surface area contributed by atoms with Crippen molar-refractivity contribution in [3.05, 3.63) is 134 Å². The van der Waals surface area contributed by atoms with Crippen LogP contribution in [0.15, 0.2) is 89.6 Å². The van der Waals surface area contributed by atoms with Crippen molar-refractivity contribution in [2.75, 3.05) is 107 Å². The molecule has 10 aliphatic rings. The molecular formula is C76H104Br3Cl3N22O15S3. The lowest BCUT2D eigenvalue weighted by Crippen LogP contribution is -2.41. The van der Waals surface area contributed by atoms with E-state index in [9.17, 15) is 30.0 Å². The summed E-state index contributed by atoms with van der Waals surface area (Å²) in [4.78, 5) is 20.5. The predicted octanol–water partition coefficient (Wildman–Crippen LogP) is 8.07. The summed E-state index contributed by atoms with van der Waals surface area (Å²) in [6, 6.07) is 7.45. The molecule has 0 spiro atoms. The standard InChI is InChI=1S/C21H27N5O4S.C14H14Cl3N3O4S.C12H15N.C8H12BrN3O.C8H14N4O3S.C7H9BrN2O.C6H8BrN3O.H3N.H2O/c1-25(2)15-11-26-20(30-12-15)18(10-22-26)31(28,29)24-21(27)23-19-16-7-3-5-13(16)9-14-6-4-8-17(14)19;1-19(2)9-6-20-14(23-7-9)12(5-18-20)25(21,22)24-13-10(16)3-8(15)4-11(13)17;13-12-10-5-1-3-8(10)7-9-4-2-6-11(9)12;1-11(2)6-4-12-8(13-5-6)7(9)3-10-12;1-11(2)6-4-12-8(15-5-6)7(3-10-12)16(9,13)14;1-5-3-10-7(11-4-5)6(8)2-9-10;7-5-1-9-10-2-4(8)3-11-6(5)10;;/h9-10,15H,3-8,11-12H2,1-2H3,(H2,23,24,27);3-5,9H,6-7H2,1-2H3;7H,1-6,13H2;3,6H,4-5H2,1-2H3;3,6H,4-5H2,1-2H3,(H2,9,13,14);2,5H,3-4H2,1H3;1,4H,2-3,8H2;1H3;1H2. The molecule has 0 fully saturated rings. The van der Waals surface area contributed by atoms with Gasteiger partial charge >= 0.3 is 16.1 Å². The molecule has 0 radical (unpaired) electrons. The van der Waals surface area contributed by atoms with Gasteiger partial charge in [0.25, 0.3) is 10.0 Å². The number of halogens is 6. The van der Waals surface area contributed by atoms with Gasteiger partial charge in [0, 0.05) is 22.3 Å². The number of sulfonamides is 2. The van der Waals surface area contributed by atoms with Crippen molar-refractivity contribution in [2.45, 2.75) is 168 Å². The SMILES string of the molecule is CC1COc2c(Br)cnn2C1.CN(C)C1COc2c(Br)cnn2C1.CN(C)C1COc2c(S(=O)(=O)NC(=O)Nc3c4c(cc5c3CCC5)CCC4)cnn2C1.CN(C)C1COc2c(S(=O)(=O)Oc3c(Cl)cc(Cl)cc3Cl)cnn2C1.CN(C)C1COc2c(S(N)(=O)=O)cnn2C1.N.NC1COc2c(Br)cnn2C1.Nc1c2c(cc3c1CCC3)CCC2.O. The molecule has 4 aliphatic carbocycles. The zero-order valence-electron chi connectivity index (χ0n) is 69.0. The Morgan fingerprint density at radius 2 is 0.811 bits per heavy atom. The number of aromatic nitrogens is 12. The van der Waals surface area contributed by atoms with Gasteiger partial charge in [-0.2, -0.15) is 39.0 Å². The summed E-state index contributed by atoms with van der Waals surface area (Å²) >= 11 is 27.9. The molecule has 13 N–H and O–H groups in total. The fourth-order valence-corrected chi connectivity index (χ4v) is 20.1. The molecule has 19 rings (SSSR count). The largest absolute Gasteiger partial charge is 0.477 e. The van der Waals surface area contributed by atoms with E-state index in [0.29, 0.717) is 58.0 Å². The first kappa shape index (κ1) is 95.1. The Hall–Kier alpha value is -7.57. The van der Waals surface area contributed by atoms with Crippen molar-refractivity contribution < 1.29 is 68.1 Å². The number of nitrogens with two attached hydrogens (primary N) is 3. The highest BCUT2D eigenvalue weighted by Gasteiger charge is 2.37. The molecule has 0 bridgehead atoms. The number of carbonyl (C=O) groups excluding carboxylic acids is 1. The van der Waals surface area contributed by atoms with Gasteiger partial charge in [0.2, 0.25) is 45.3 Å². The van der Waals surface area contributed by atoms with Crippen molar-refractivity contribution in [1.29, 1.82) is 0 Å². The second-order valence-corrected chi connectivity index (χ2v) is 40.0. The molecule has 3 aromatic carbocycles. The van der Waals surface area contributed by atoms with Crippen molar-refractivity contribution in [3.63, 3.8) is 0 Å². The maximum absolute atomic E-state index is 12.9. The van der Waals surface area contributed by atoms with Gasteiger partial charge in [0.1, 0.15) is 33.0 Å². The van der Waals surface area contributed by atoms with Crippen LogP contribution in [-0.4, -0.2) is 241 Å². The summed E-state index contributed by atoms with van der Waals surface area (Å²) in [5.74, 6) is 3.39. The zero-order valence-corrected chi connectivity index (χ0v) is 78.5. The number of primary sulfonamides is 1. The summed E-state index contributed by atoms with van der Waals surface area (Å²) in [7, 11) is 3.53. The fourth-order valence-electron chi connectivity index (χ4n) is 15.2. The van der Waals surface area contributed by atoms with Crippen LogP contribution in [0.5, 0.6) is 41.0 Å². The number of aryl methyl sites for hydroxylation is 4. The molecule has 2 amide bonds. The number of nitrogen functional groups attached to an aromatic ring is 1. The zero-order chi connectivity index (χ0) is 86.0. The molecule has 6 aliphatic heterocycles. The van der Waals surface area contributed by atoms with E-state index in [1.54, 1.807) is 23.3 Å². The van der Waals surface area contributed by atoms with Gasteiger partial charge < -0.3 is 80.6 Å². The first-order valence-electron chi connectivity index (χ1n) is 39.0. The molecule has 6 aromatic heterocycles. The lowest BCUT2D eigenvalue weighted by Gasteiger charge is -2.29. The van der Waals surface area contributed by atoms with Crippen LogP contribution in [0.2, 0.25) is 15.1 Å². The molecule has 0 saturated heterocycles. The Morgan fingerprint density at radius 3 is 1.24 bits per heavy atom. The Balaban J connectivity index is 0.000000144. The topological polar surface area (TPSA) is 473 Å². The minimum atomic E-state index is -4.24. The first-order valence-corrected chi connectivity index (χ1v) is 47.0. The van der Waals surface area contributed by atoms with Crippen LogP contribution in [0.3, 0.4) is 0 Å². The second kappa shape index (κ2) is 40.4. The average Bonchev–Trinajstić information content (AvgIpc) is 1.60. The highest BCUT2D eigenvalue weighted by atomic mass is 79.9. The first-order chi connectivity index (χ1) is 57.0. The maximum Gasteiger partial charge on any atom is 0.346 e. The van der Waals surface area contributed by atoms with Gasteiger partial charge in [0.05, 0.1) is 137 Å². The van der Waals surface area contributed by atoms with E-state index in [2.05, 4.69) is 126 Å². The Labute approximate surface area is 749 Å². The number of hydrogen-bond donors (Lipinski definition) is 6. The number of urea groups is 1. The van der Waals surface area contributed by atoms with Crippen molar-refractivity contribution in [3.8, 4) is 41.0 Å². The molecule has 122 heavy (non-hydrogen) atoms. The number of carbonyl (C=O) groups is 1. The van der Waals surface area contributed by atoms with Crippen molar-refractivity contribution in [1.82, 2.24) is 89.2 Å². The molecule has 6 atom stereocenters. The summed E-state index contributed by atoms with van der Waals surface area (Å²) in [5, 5.41) is 32.8. The summed E-state index contributed by atoms with van der Waals surface area (Å²) in [5.41, 5.74) is 24.7. The molecule has 0 saturated carbocycles. The minimum absolute atomic E-state index is 0. The van der Waals surface area contributed by atoms with E-state index in [0.717, 1.165) is 125 Å². The van der Waals surface area contributed by atoms with Crippen molar-refractivity contribution >= 4 is 130 Å². The number of nitrogens with zero attached hydrogens (tertiary/aromatic N) is 16. The van der Waals surface area contributed by atoms with Crippen molar-refractivity contribution in [2.24, 2.45) is 16.8 Å². The van der Waals surface area contributed by atoms with E-state index in [1.807, 2.05) is 66.3 Å². The van der Waals surface area contributed by atoms with Crippen LogP contribution in [0.1, 0.15) is 77.1 Å². The molecule has 6 unspecified atom stereocenters. The lowest BCUT2D eigenvalue weighted by atomic mass is 9.99. The van der Waals surface area contributed by atoms with Gasteiger partial charge in [-0.05, 0) is 238 Å². The second-order valence-electron chi connectivity index (χ2n) is 31.5. The highest BCUT2D eigenvalue weighted by Crippen LogP contribution is 2.43. The average molecular weight is 2010 g/mol. The number of anilines is 2. The maximum atomic E-state index is 12.9. The Bertz CT molecular complexity index is 5450. The van der Waals surface area contributed by atoms with Crippen LogP contribution in [0, 0.1) is 5.92 Å². The van der Waals surface area contributed by atoms with Gasteiger partial charge in [-0.15, -0.1) is 0 Å². The number of rotatable bonds is 11.